The number of aliphatic hydroxyl groups excluding tert-OH is 2. The quantitative estimate of drug-likeness (QED) is 0.404. The first-order chi connectivity index (χ1) is 5.35. The van der Waals surface area contributed by atoms with Crippen LogP contribution in [0.25, 0.3) is 0 Å². The second kappa shape index (κ2) is 2.67. The van der Waals surface area contributed by atoms with Crippen LogP contribution in [0.3, 0.4) is 0 Å². The van der Waals surface area contributed by atoms with Crippen LogP contribution >= 0.6 is 0 Å². The molecule has 12 heavy (non-hydrogen) atoms. The van der Waals surface area contributed by atoms with Crippen LogP contribution in [0, 0.1) is 5.41 Å². The zero-order chi connectivity index (χ0) is 9.57. The Kier molecular flexibility index (Phi) is 2.21. The van der Waals surface area contributed by atoms with Gasteiger partial charge in [0.2, 0.25) is 0 Å². The predicted octanol–water partition coefficient (Wildman–Crippen LogP) is -1.17. The van der Waals surface area contributed by atoms with Crippen molar-refractivity contribution in [2.45, 2.75) is 38.0 Å². The molecule has 0 radical (unpaired) electrons. The smallest absolute Gasteiger partial charge is 0.0981 e. The minimum atomic E-state index is -1.29. The van der Waals surface area contributed by atoms with E-state index >= 15 is 0 Å². The molecule has 4 nitrogen and oxygen atoms in total. The summed E-state index contributed by atoms with van der Waals surface area (Å²) in [6, 6.07) is -0.447. The summed E-state index contributed by atoms with van der Waals surface area (Å²) in [6.07, 6.45) is -0.507. The molecule has 1 rings (SSSR count). The van der Waals surface area contributed by atoms with Gasteiger partial charge >= 0.3 is 0 Å². The average molecular weight is 175 g/mol. The van der Waals surface area contributed by atoms with Gasteiger partial charge in [-0.05, 0) is 13.3 Å². The van der Waals surface area contributed by atoms with Crippen molar-refractivity contribution >= 4 is 0 Å². The maximum atomic E-state index is 9.86. The van der Waals surface area contributed by atoms with Gasteiger partial charge in [-0.25, -0.2) is 0 Å². The van der Waals surface area contributed by atoms with Gasteiger partial charge in [0.15, 0.2) is 0 Å². The van der Waals surface area contributed by atoms with Gasteiger partial charge in [0.25, 0.3) is 0 Å². The first kappa shape index (κ1) is 9.92. The predicted molar refractivity (Wildman–Crippen MR) is 44.4 cm³/mol. The molecule has 0 aliphatic heterocycles. The molecule has 1 aliphatic carbocycles. The highest BCUT2D eigenvalue weighted by atomic mass is 16.3. The molecule has 0 spiro atoms. The molecule has 0 aromatic carbocycles. The van der Waals surface area contributed by atoms with Crippen LogP contribution in [0.15, 0.2) is 0 Å². The Morgan fingerprint density at radius 2 is 2.00 bits per heavy atom. The second-order valence-corrected chi connectivity index (χ2v) is 4.18. The number of nitrogens with two attached hydrogens (primary N) is 1. The van der Waals surface area contributed by atoms with E-state index in [1.165, 1.54) is 6.92 Å². The molecule has 1 fully saturated rings. The van der Waals surface area contributed by atoms with Gasteiger partial charge in [-0.3, -0.25) is 0 Å². The summed E-state index contributed by atoms with van der Waals surface area (Å²) < 4.78 is 0. The third kappa shape index (κ3) is 1.07. The minimum absolute atomic E-state index is 0.162. The van der Waals surface area contributed by atoms with Crippen molar-refractivity contribution in [1.29, 1.82) is 0 Å². The Morgan fingerprint density at radius 1 is 1.50 bits per heavy atom. The van der Waals surface area contributed by atoms with Crippen molar-refractivity contribution in [2.75, 3.05) is 6.61 Å². The van der Waals surface area contributed by atoms with Gasteiger partial charge in [0.1, 0.15) is 0 Å². The van der Waals surface area contributed by atoms with Crippen LogP contribution in [0.1, 0.15) is 20.3 Å². The molecule has 4 heteroatoms. The van der Waals surface area contributed by atoms with Crippen LogP contribution in [0.2, 0.25) is 0 Å². The van der Waals surface area contributed by atoms with E-state index in [2.05, 4.69) is 0 Å². The van der Waals surface area contributed by atoms with Gasteiger partial charge < -0.3 is 21.1 Å². The molecule has 0 unspecified atom stereocenters. The van der Waals surface area contributed by atoms with Crippen molar-refractivity contribution in [3.05, 3.63) is 0 Å². The largest absolute Gasteiger partial charge is 0.396 e. The Bertz CT molecular complexity index is 180. The van der Waals surface area contributed by atoms with E-state index in [0.717, 1.165) is 0 Å². The van der Waals surface area contributed by atoms with E-state index in [0.29, 0.717) is 6.42 Å². The fraction of sp³-hybridized carbons (Fsp3) is 1.00. The molecule has 0 aromatic rings. The van der Waals surface area contributed by atoms with E-state index in [4.69, 9.17) is 10.8 Å². The zero-order valence-electron chi connectivity index (χ0n) is 7.49. The number of hydrogen-bond donors (Lipinski definition) is 4. The summed E-state index contributed by atoms with van der Waals surface area (Å²) in [4.78, 5) is 0. The molecule has 72 valence electrons. The number of aliphatic hydroxyl groups is 3. The van der Waals surface area contributed by atoms with Crippen molar-refractivity contribution in [2.24, 2.45) is 11.1 Å². The van der Waals surface area contributed by atoms with E-state index < -0.39 is 23.2 Å². The molecule has 4 atom stereocenters. The highest BCUT2D eigenvalue weighted by molar-refractivity contribution is 5.09. The lowest BCUT2D eigenvalue weighted by molar-refractivity contribution is -0.119. The number of hydrogen-bond acceptors (Lipinski definition) is 4. The third-order valence-electron chi connectivity index (χ3n) is 3.24. The van der Waals surface area contributed by atoms with Gasteiger partial charge in [-0.15, -0.1) is 0 Å². The molecular weight excluding hydrogens is 158 g/mol. The molecule has 0 bridgehead atoms. The minimum Gasteiger partial charge on any atom is -0.396 e. The lowest BCUT2D eigenvalue weighted by Gasteiger charge is -2.36. The van der Waals surface area contributed by atoms with Gasteiger partial charge in [0.05, 0.1) is 18.3 Å². The summed E-state index contributed by atoms with van der Waals surface area (Å²) in [5.41, 5.74) is 3.60. The van der Waals surface area contributed by atoms with E-state index in [1.54, 1.807) is 6.92 Å². The van der Waals surface area contributed by atoms with Crippen molar-refractivity contribution in [1.82, 2.24) is 0 Å². The molecule has 1 saturated carbocycles. The Balaban J connectivity index is 2.94. The van der Waals surface area contributed by atoms with Crippen LogP contribution in [0.4, 0.5) is 0 Å². The zero-order valence-corrected chi connectivity index (χ0v) is 7.49. The Labute approximate surface area is 72.0 Å². The highest BCUT2D eigenvalue weighted by Crippen LogP contribution is 2.45. The number of rotatable bonds is 1. The molecular formula is C8H17NO3. The SMILES string of the molecule is C[C@]1(CO)C[C@@H](N)[C@H](O)[C@]1(C)O. The standard InChI is InChI=1S/C8H17NO3/c1-7(4-10)3-5(9)6(11)8(7,2)12/h5-6,10-12H,3-4,9H2,1-2H3/t5-,6+,7-,8+/m1/s1. The molecule has 0 saturated heterocycles. The monoisotopic (exact) mass is 175 g/mol. The lowest BCUT2D eigenvalue weighted by atomic mass is 9.77. The van der Waals surface area contributed by atoms with Crippen molar-refractivity contribution in [3.8, 4) is 0 Å². The lowest BCUT2D eigenvalue weighted by Crippen LogP contribution is -2.50. The third-order valence-corrected chi connectivity index (χ3v) is 3.24. The van der Waals surface area contributed by atoms with Gasteiger partial charge in [-0.1, -0.05) is 6.92 Å². The molecule has 0 heterocycles. The summed E-state index contributed by atoms with van der Waals surface area (Å²) in [5, 5.41) is 28.4. The highest BCUT2D eigenvalue weighted by Gasteiger charge is 2.56. The van der Waals surface area contributed by atoms with Crippen molar-refractivity contribution in [3.63, 3.8) is 0 Å². The topological polar surface area (TPSA) is 86.7 Å². The van der Waals surface area contributed by atoms with E-state index in [-0.39, 0.29) is 6.61 Å². The normalized spacial score (nSPS) is 54.5. The maximum absolute atomic E-state index is 9.86. The van der Waals surface area contributed by atoms with Crippen LogP contribution in [-0.4, -0.2) is 39.7 Å². The Morgan fingerprint density at radius 3 is 2.17 bits per heavy atom. The summed E-state index contributed by atoms with van der Waals surface area (Å²) >= 11 is 0. The van der Waals surface area contributed by atoms with E-state index in [9.17, 15) is 10.2 Å². The first-order valence-electron chi connectivity index (χ1n) is 4.12. The van der Waals surface area contributed by atoms with Gasteiger partial charge in [0, 0.05) is 11.5 Å². The fourth-order valence-electron chi connectivity index (χ4n) is 1.84. The molecule has 0 amide bonds. The van der Waals surface area contributed by atoms with Crippen LogP contribution in [0.5, 0.6) is 0 Å². The summed E-state index contributed by atoms with van der Waals surface area (Å²) in [7, 11) is 0. The van der Waals surface area contributed by atoms with Crippen LogP contribution < -0.4 is 5.73 Å². The molecule has 1 aliphatic rings. The maximum Gasteiger partial charge on any atom is 0.0981 e. The second-order valence-electron chi connectivity index (χ2n) is 4.18. The van der Waals surface area contributed by atoms with E-state index in [1.807, 2.05) is 0 Å². The van der Waals surface area contributed by atoms with Gasteiger partial charge in [-0.2, -0.15) is 0 Å². The van der Waals surface area contributed by atoms with Crippen LogP contribution in [-0.2, 0) is 0 Å². The average Bonchev–Trinajstić information content (AvgIpc) is 2.14. The fourth-order valence-corrected chi connectivity index (χ4v) is 1.84. The Hall–Kier alpha value is -0.160. The molecule has 0 aromatic heterocycles. The summed E-state index contributed by atoms with van der Waals surface area (Å²) in [5.74, 6) is 0. The summed E-state index contributed by atoms with van der Waals surface area (Å²) in [6.45, 7) is 3.08. The van der Waals surface area contributed by atoms with Crippen molar-refractivity contribution < 1.29 is 15.3 Å². The first-order valence-corrected chi connectivity index (χ1v) is 4.12. The molecule has 5 N–H and O–H groups in total.